The number of benzene rings is 1. The number of hydrogen-bond donors (Lipinski definition) is 0. The molecule has 17 heavy (non-hydrogen) atoms. The van der Waals surface area contributed by atoms with Crippen molar-refractivity contribution in [1.29, 1.82) is 0 Å². The van der Waals surface area contributed by atoms with Gasteiger partial charge in [-0.1, -0.05) is 36.4 Å². The number of aromatic nitrogens is 2. The van der Waals surface area contributed by atoms with Crippen LogP contribution in [0.2, 0.25) is 0 Å². The number of hydrogen-bond acceptors (Lipinski definition) is 3. The third kappa shape index (κ3) is 2.39. The maximum absolute atomic E-state index is 10.8. The van der Waals surface area contributed by atoms with Crippen LogP contribution in [-0.4, -0.2) is 14.5 Å². The van der Waals surface area contributed by atoms with Crippen LogP contribution in [0.3, 0.4) is 0 Å². The van der Waals surface area contributed by atoms with Gasteiger partial charge in [0.1, 0.15) is 0 Å². The van der Waals surface area contributed by atoms with Gasteiger partial charge in [0.25, 0.3) is 0 Å². The molecule has 0 N–H and O–H groups in total. The Hall–Kier alpha value is -2.43. The van der Waals surface area contributed by atoms with Gasteiger partial charge in [-0.25, -0.2) is 9.55 Å². The molecule has 0 aliphatic carbocycles. The molecular weight excluding hydrogens is 218 g/mol. The minimum absolute atomic E-state index is 0.00261. The predicted octanol–water partition coefficient (Wildman–Crippen LogP) is 2.50. The van der Waals surface area contributed by atoms with Crippen molar-refractivity contribution in [3.05, 3.63) is 58.0 Å². The normalized spacial score (nSPS) is 10.9. The van der Waals surface area contributed by atoms with Crippen molar-refractivity contribution in [2.75, 3.05) is 0 Å². The van der Waals surface area contributed by atoms with Gasteiger partial charge in [0.2, 0.25) is 0 Å². The third-order valence-electron chi connectivity index (χ3n) is 2.34. The van der Waals surface area contributed by atoms with Crippen LogP contribution in [0.25, 0.3) is 12.2 Å². The fraction of sp³-hybridized carbons (Fsp3) is 0.0833. The van der Waals surface area contributed by atoms with E-state index in [1.807, 2.05) is 30.3 Å². The molecular formula is C12H11N3O2. The van der Waals surface area contributed by atoms with Crippen LogP contribution < -0.4 is 0 Å². The van der Waals surface area contributed by atoms with Crippen LogP contribution >= 0.6 is 0 Å². The topological polar surface area (TPSA) is 61.0 Å². The molecule has 0 amide bonds. The van der Waals surface area contributed by atoms with Gasteiger partial charge < -0.3 is 10.1 Å². The van der Waals surface area contributed by atoms with E-state index in [0.717, 1.165) is 5.56 Å². The summed E-state index contributed by atoms with van der Waals surface area (Å²) >= 11 is 0. The van der Waals surface area contributed by atoms with E-state index >= 15 is 0 Å². The second-order valence-corrected chi connectivity index (χ2v) is 3.57. The first-order chi connectivity index (χ1) is 8.18. The standard InChI is InChI=1S/C12H11N3O2/c1-14-9-13-11(12(14)15(16)17)8-7-10-5-3-2-4-6-10/h2-9H,1H3/b8-7+. The van der Waals surface area contributed by atoms with Crippen molar-refractivity contribution in [2.45, 2.75) is 0 Å². The first kappa shape index (κ1) is 11.1. The van der Waals surface area contributed by atoms with Crippen LogP contribution in [0.15, 0.2) is 36.7 Å². The Kier molecular flexibility index (Phi) is 3.00. The summed E-state index contributed by atoms with van der Waals surface area (Å²) in [4.78, 5) is 14.4. The maximum atomic E-state index is 10.8. The second-order valence-electron chi connectivity index (χ2n) is 3.57. The zero-order chi connectivity index (χ0) is 12.3. The average Bonchev–Trinajstić information content (AvgIpc) is 2.69. The van der Waals surface area contributed by atoms with Gasteiger partial charge in [0.15, 0.2) is 12.0 Å². The molecule has 0 atom stereocenters. The zero-order valence-corrected chi connectivity index (χ0v) is 9.28. The lowest BCUT2D eigenvalue weighted by molar-refractivity contribution is -0.392. The number of imidazole rings is 1. The van der Waals surface area contributed by atoms with Crippen LogP contribution in [0.1, 0.15) is 11.3 Å². The first-order valence-electron chi connectivity index (χ1n) is 5.07. The molecule has 0 saturated carbocycles. The Balaban J connectivity index is 2.31. The monoisotopic (exact) mass is 229 g/mol. The van der Waals surface area contributed by atoms with E-state index in [-0.39, 0.29) is 5.82 Å². The summed E-state index contributed by atoms with van der Waals surface area (Å²) in [5.74, 6) is -0.00261. The maximum Gasteiger partial charge on any atom is 0.349 e. The summed E-state index contributed by atoms with van der Waals surface area (Å²) in [6, 6.07) is 9.58. The van der Waals surface area contributed by atoms with E-state index in [0.29, 0.717) is 5.69 Å². The highest BCUT2D eigenvalue weighted by molar-refractivity contribution is 5.71. The van der Waals surface area contributed by atoms with Gasteiger partial charge in [-0.15, -0.1) is 0 Å². The van der Waals surface area contributed by atoms with Gasteiger partial charge in [-0.3, -0.25) is 0 Å². The molecule has 0 unspecified atom stereocenters. The molecule has 1 aromatic heterocycles. The fourth-order valence-corrected chi connectivity index (χ4v) is 1.52. The molecule has 2 aromatic rings. The van der Waals surface area contributed by atoms with Crippen LogP contribution in [0.5, 0.6) is 0 Å². The largest absolute Gasteiger partial charge is 0.358 e. The summed E-state index contributed by atoms with van der Waals surface area (Å²) in [6.45, 7) is 0. The quantitative estimate of drug-likeness (QED) is 0.600. The minimum atomic E-state index is -0.433. The van der Waals surface area contributed by atoms with Crippen LogP contribution in [0.4, 0.5) is 5.82 Å². The summed E-state index contributed by atoms with van der Waals surface area (Å²) in [7, 11) is 1.60. The molecule has 1 heterocycles. The van der Waals surface area contributed by atoms with Gasteiger partial charge in [-0.2, -0.15) is 0 Å². The van der Waals surface area contributed by atoms with Crippen molar-refractivity contribution in [1.82, 2.24) is 9.55 Å². The summed E-state index contributed by atoms with van der Waals surface area (Å²) < 4.78 is 1.39. The predicted molar refractivity (Wildman–Crippen MR) is 65.2 cm³/mol. The van der Waals surface area contributed by atoms with E-state index in [1.165, 1.54) is 10.9 Å². The number of nitrogens with zero attached hydrogens (tertiary/aromatic N) is 3. The molecule has 2 rings (SSSR count). The van der Waals surface area contributed by atoms with Gasteiger partial charge in [0, 0.05) is 0 Å². The Bertz CT molecular complexity index is 558. The molecule has 0 aliphatic rings. The first-order valence-corrected chi connectivity index (χ1v) is 5.07. The molecule has 0 saturated heterocycles. The number of rotatable bonds is 3. The summed E-state index contributed by atoms with van der Waals surface area (Å²) in [5.41, 5.74) is 1.34. The molecule has 1 aromatic carbocycles. The smallest absolute Gasteiger partial charge is 0.349 e. The number of nitro groups is 1. The number of aryl methyl sites for hydroxylation is 1. The van der Waals surface area contributed by atoms with Crippen molar-refractivity contribution < 1.29 is 4.92 Å². The van der Waals surface area contributed by atoms with Crippen molar-refractivity contribution in [2.24, 2.45) is 7.05 Å². The molecule has 0 spiro atoms. The Labute approximate surface area is 98.2 Å². The lowest BCUT2D eigenvalue weighted by Crippen LogP contribution is -1.97. The minimum Gasteiger partial charge on any atom is -0.358 e. The average molecular weight is 229 g/mol. The van der Waals surface area contributed by atoms with E-state index < -0.39 is 4.92 Å². The lowest BCUT2D eigenvalue weighted by Gasteiger charge is -1.95. The van der Waals surface area contributed by atoms with Gasteiger partial charge >= 0.3 is 5.82 Å². The van der Waals surface area contributed by atoms with E-state index in [9.17, 15) is 10.1 Å². The Morgan fingerprint density at radius 3 is 2.65 bits per heavy atom. The fourth-order valence-electron chi connectivity index (χ4n) is 1.52. The molecule has 0 aliphatic heterocycles. The molecule has 0 radical (unpaired) electrons. The van der Waals surface area contributed by atoms with Crippen molar-refractivity contribution >= 4 is 18.0 Å². The SMILES string of the molecule is Cn1cnc(/C=C/c2ccccc2)c1[N+](=O)[O-]. The van der Waals surface area contributed by atoms with E-state index in [4.69, 9.17) is 0 Å². The summed E-state index contributed by atoms with van der Waals surface area (Å²) in [6.07, 6.45) is 4.88. The van der Waals surface area contributed by atoms with Crippen molar-refractivity contribution in [3.63, 3.8) is 0 Å². The van der Waals surface area contributed by atoms with E-state index in [1.54, 1.807) is 19.2 Å². The van der Waals surface area contributed by atoms with Crippen molar-refractivity contribution in [3.8, 4) is 0 Å². The van der Waals surface area contributed by atoms with Crippen LogP contribution in [-0.2, 0) is 7.05 Å². The highest BCUT2D eigenvalue weighted by Gasteiger charge is 2.16. The highest BCUT2D eigenvalue weighted by atomic mass is 16.6. The summed E-state index contributed by atoms with van der Waals surface area (Å²) in [5, 5.41) is 10.8. The third-order valence-corrected chi connectivity index (χ3v) is 2.34. The Morgan fingerprint density at radius 2 is 2.00 bits per heavy atom. The highest BCUT2D eigenvalue weighted by Crippen LogP contribution is 2.18. The van der Waals surface area contributed by atoms with E-state index in [2.05, 4.69) is 4.98 Å². The molecule has 0 fully saturated rings. The second kappa shape index (κ2) is 4.61. The lowest BCUT2D eigenvalue weighted by atomic mass is 10.2. The molecule has 86 valence electrons. The van der Waals surface area contributed by atoms with Gasteiger partial charge in [-0.05, 0) is 16.6 Å². The zero-order valence-electron chi connectivity index (χ0n) is 9.28. The molecule has 5 heteroatoms. The molecule has 0 bridgehead atoms. The van der Waals surface area contributed by atoms with Crippen LogP contribution in [0, 0.1) is 10.1 Å². The Morgan fingerprint density at radius 1 is 1.29 bits per heavy atom. The molecule has 5 nitrogen and oxygen atoms in total. The van der Waals surface area contributed by atoms with Gasteiger partial charge in [0.05, 0.1) is 7.05 Å².